The maximum Gasteiger partial charge on any atom is 0.258 e. The number of benzene rings is 2. The number of hydrogen-bond acceptors (Lipinski definition) is 4. The standard InChI is InChI=1S/C19H18Cl2N4O2/c1-11-7-8-13(20)18(17(11)21)24-16(26)10-25(2)9-15-22-14-6-4-3-5-12(14)19(27)23-15/h3-8H,9-10H2,1-2H3,(H,24,26)(H,22,23,27). The molecular weight excluding hydrogens is 387 g/mol. The van der Waals surface area contributed by atoms with Gasteiger partial charge < -0.3 is 10.3 Å². The van der Waals surface area contributed by atoms with E-state index in [1.807, 2.05) is 13.0 Å². The number of amides is 1. The van der Waals surface area contributed by atoms with Gasteiger partial charge in [-0.15, -0.1) is 0 Å². The number of hydrogen-bond donors (Lipinski definition) is 2. The van der Waals surface area contributed by atoms with Gasteiger partial charge in [0.25, 0.3) is 5.56 Å². The Balaban J connectivity index is 1.69. The van der Waals surface area contributed by atoms with E-state index in [-0.39, 0.29) is 18.0 Å². The minimum absolute atomic E-state index is 0.0805. The Labute approximate surface area is 166 Å². The molecular formula is C19H18Cl2N4O2. The zero-order valence-corrected chi connectivity index (χ0v) is 16.4. The van der Waals surface area contributed by atoms with Crippen molar-refractivity contribution in [2.45, 2.75) is 13.5 Å². The lowest BCUT2D eigenvalue weighted by atomic mass is 10.2. The molecule has 0 aliphatic heterocycles. The maximum absolute atomic E-state index is 12.3. The van der Waals surface area contributed by atoms with Crippen LogP contribution in [0.25, 0.3) is 10.9 Å². The van der Waals surface area contributed by atoms with Crippen LogP contribution in [0.15, 0.2) is 41.2 Å². The van der Waals surface area contributed by atoms with Gasteiger partial charge in [-0.3, -0.25) is 14.5 Å². The van der Waals surface area contributed by atoms with Gasteiger partial charge in [0.05, 0.1) is 39.7 Å². The van der Waals surface area contributed by atoms with Crippen molar-refractivity contribution in [3.63, 3.8) is 0 Å². The number of nitrogens with zero attached hydrogens (tertiary/aromatic N) is 2. The van der Waals surface area contributed by atoms with Crippen LogP contribution in [-0.4, -0.2) is 34.4 Å². The molecule has 2 N–H and O–H groups in total. The molecule has 1 amide bonds. The van der Waals surface area contributed by atoms with E-state index in [1.54, 1.807) is 42.3 Å². The molecule has 1 aromatic heterocycles. The van der Waals surface area contributed by atoms with Crippen molar-refractivity contribution >= 4 is 45.7 Å². The van der Waals surface area contributed by atoms with Crippen LogP contribution >= 0.6 is 23.2 Å². The number of nitrogens with one attached hydrogen (secondary N) is 2. The normalized spacial score (nSPS) is 11.1. The number of halogens is 2. The molecule has 6 nitrogen and oxygen atoms in total. The highest BCUT2D eigenvalue weighted by atomic mass is 35.5. The van der Waals surface area contributed by atoms with Crippen LogP contribution < -0.4 is 10.9 Å². The lowest BCUT2D eigenvalue weighted by Crippen LogP contribution is -2.31. The number of anilines is 1. The topological polar surface area (TPSA) is 78.1 Å². The average molecular weight is 405 g/mol. The summed E-state index contributed by atoms with van der Waals surface area (Å²) in [6, 6.07) is 10.6. The van der Waals surface area contributed by atoms with Crippen LogP contribution in [0.4, 0.5) is 5.69 Å². The molecule has 2 aromatic carbocycles. The summed E-state index contributed by atoms with van der Waals surface area (Å²) in [4.78, 5) is 33.4. The monoisotopic (exact) mass is 404 g/mol. The lowest BCUT2D eigenvalue weighted by molar-refractivity contribution is -0.117. The van der Waals surface area contributed by atoms with Gasteiger partial charge in [-0.05, 0) is 37.7 Å². The number of likely N-dealkylation sites (N-methyl/N-ethyl adjacent to an activating group) is 1. The largest absolute Gasteiger partial charge is 0.322 e. The second-order valence-corrected chi connectivity index (χ2v) is 7.09. The van der Waals surface area contributed by atoms with Gasteiger partial charge in [-0.25, -0.2) is 4.98 Å². The molecule has 27 heavy (non-hydrogen) atoms. The van der Waals surface area contributed by atoms with Crippen LogP contribution in [0.3, 0.4) is 0 Å². The highest BCUT2D eigenvalue weighted by Crippen LogP contribution is 2.32. The third-order valence-corrected chi connectivity index (χ3v) is 4.85. The van der Waals surface area contributed by atoms with E-state index in [0.29, 0.717) is 39.0 Å². The van der Waals surface area contributed by atoms with Gasteiger partial charge in [-0.1, -0.05) is 41.4 Å². The van der Waals surface area contributed by atoms with Crippen molar-refractivity contribution < 1.29 is 4.79 Å². The van der Waals surface area contributed by atoms with Crippen LogP contribution in [0, 0.1) is 6.92 Å². The molecule has 0 aliphatic rings. The van der Waals surface area contributed by atoms with E-state index in [2.05, 4.69) is 15.3 Å². The number of aryl methyl sites for hydroxylation is 1. The Hall–Kier alpha value is -2.41. The predicted molar refractivity (Wildman–Crippen MR) is 109 cm³/mol. The Kier molecular flexibility index (Phi) is 5.79. The summed E-state index contributed by atoms with van der Waals surface area (Å²) in [6.45, 7) is 2.22. The molecule has 3 aromatic rings. The highest BCUT2D eigenvalue weighted by molar-refractivity contribution is 6.40. The molecule has 140 valence electrons. The fraction of sp³-hybridized carbons (Fsp3) is 0.211. The summed E-state index contributed by atoms with van der Waals surface area (Å²) < 4.78 is 0. The smallest absolute Gasteiger partial charge is 0.258 e. The summed E-state index contributed by atoms with van der Waals surface area (Å²) >= 11 is 12.3. The van der Waals surface area contributed by atoms with Crippen LogP contribution in [-0.2, 0) is 11.3 Å². The molecule has 0 unspecified atom stereocenters. The fourth-order valence-electron chi connectivity index (χ4n) is 2.72. The Morgan fingerprint density at radius 3 is 2.74 bits per heavy atom. The van der Waals surface area contributed by atoms with E-state index in [0.717, 1.165) is 5.56 Å². The fourth-order valence-corrected chi connectivity index (χ4v) is 3.18. The SMILES string of the molecule is Cc1ccc(Cl)c(NC(=O)CN(C)Cc2nc3ccccc3c(=O)[nH]2)c1Cl. The summed E-state index contributed by atoms with van der Waals surface area (Å²) in [7, 11) is 1.76. The zero-order chi connectivity index (χ0) is 19.6. The van der Waals surface area contributed by atoms with Crippen LogP contribution in [0.5, 0.6) is 0 Å². The van der Waals surface area contributed by atoms with Crippen molar-refractivity contribution in [2.24, 2.45) is 0 Å². The van der Waals surface area contributed by atoms with Crippen molar-refractivity contribution in [3.05, 3.63) is 68.2 Å². The molecule has 8 heteroatoms. The molecule has 0 saturated heterocycles. The van der Waals surface area contributed by atoms with E-state index in [9.17, 15) is 9.59 Å². The maximum atomic E-state index is 12.3. The van der Waals surface area contributed by atoms with Crippen molar-refractivity contribution in [3.8, 4) is 0 Å². The van der Waals surface area contributed by atoms with E-state index < -0.39 is 0 Å². The highest BCUT2D eigenvalue weighted by Gasteiger charge is 2.14. The molecule has 0 saturated carbocycles. The summed E-state index contributed by atoms with van der Waals surface area (Å²) in [5, 5.41) is 4.07. The predicted octanol–water partition coefficient (Wildman–Crippen LogP) is 3.61. The molecule has 0 radical (unpaired) electrons. The third kappa shape index (κ3) is 4.47. The Bertz CT molecular complexity index is 1070. The molecule has 3 rings (SSSR count). The van der Waals surface area contributed by atoms with Gasteiger partial charge in [0, 0.05) is 0 Å². The molecule has 1 heterocycles. The summed E-state index contributed by atoms with van der Waals surface area (Å²) in [5.74, 6) is 0.218. The number of rotatable bonds is 5. The first-order valence-corrected chi connectivity index (χ1v) is 9.01. The number of fused-ring (bicyclic) bond motifs is 1. The van der Waals surface area contributed by atoms with Gasteiger partial charge >= 0.3 is 0 Å². The number of aromatic amines is 1. The third-order valence-electron chi connectivity index (χ3n) is 4.04. The zero-order valence-electron chi connectivity index (χ0n) is 14.8. The number of H-pyrrole nitrogens is 1. The van der Waals surface area contributed by atoms with Crippen molar-refractivity contribution in [2.75, 3.05) is 18.9 Å². The minimum atomic E-state index is -0.268. The summed E-state index contributed by atoms with van der Waals surface area (Å²) in [6.07, 6.45) is 0. The van der Waals surface area contributed by atoms with E-state index in [4.69, 9.17) is 23.2 Å². The molecule has 0 fully saturated rings. The van der Waals surface area contributed by atoms with E-state index >= 15 is 0 Å². The van der Waals surface area contributed by atoms with E-state index in [1.165, 1.54) is 0 Å². The van der Waals surface area contributed by atoms with Gasteiger partial charge in [0.1, 0.15) is 5.82 Å². The first-order chi connectivity index (χ1) is 12.8. The number of para-hydroxylation sites is 1. The minimum Gasteiger partial charge on any atom is -0.322 e. The number of aromatic nitrogens is 2. The molecule has 0 atom stereocenters. The van der Waals surface area contributed by atoms with Crippen molar-refractivity contribution in [1.29, 1.82) is 0 Å². The summed E-state index contributed by atoms with van der Waals surface area (Å²) in [5.41, 5.74) is 1.64. The second-order valence-electron chi connectivity index (χ2n) is 6.30. The number of carbonyl (C=O) groups is 1. The van der Waals surface area contributed by atoms with Gasteiger partial charge in [0.2, 0.25) is 5.91 Å². The second kappa shape index (κ2) is 8.08. The molecule has 0 aliphatic carbocycles. The quantitative estimate of drug-likeness (QED) is 0.680. The first kappa shape index (κ1) is 19.4. The molecule has 0 spiro atoms. The Morgan fingerprint density at radius 1 is 1.22 bits per heavy atom. The van der Waals surface area contributed by atoms with Crippen LogP contribution in [0.1, 0.15) is 11.4 Å². The first-order valence-electron chi connectivity index (χ1n) is 8.26. The van der Waals surface area contributed by atoms with Crippen molar-refractivity contribution in [1.82, 2.24) is 14.9 Å². The molecule has 0 bridgehead atoms. The lowest BCUT2D eigenvalue weighted by Gasteiger charge is -2.17. The Morgan fingerprint density at radius 2 is 1.96 bits per heavy atom. The van der Waals surface area contributed by atoms with Crippen LogP contribution in [0.2, 0.25) is 10.0 Å². The average Bonchev–Trinajstić information content (AvgIpc) is 2.62. The number of carbonyl (C=O) groups excluding carboxylic acids is 1. The van der Waals surface area contributed by atoms with Gasteiger partial charge in [-0.2, -0.15) is 0 Å². The van der Waals surface area contributed by atoms with Gasteiger partial charge in [0.15, 0.2) is 0 Å².